The van der Waals surface area contributed by atoms with E-state index in [9.17, 15) is 9.90 Å². The molecule has 1 N–H and O–H groups in total. The minimum Gasteiger partial charge on any atom is -0.459 e. The maximum absolute atomic E-state index is 13.0. The molecule has 2 rings (SSSR count). The Morgan fingerprint density at radius 2 is 1.96 bits per heavy atom. The predicted octanol–water partition coefficient (Wildman–Crippen LogP) is 2.09. The average Bonchev–Trinajstić information content (AvgIpc) is 2.59. The Bertz CT molecular complexity index is 493. The van der Waals surface area contributed by atoms with Gasteiger partial charge in [0.05, 0.1) is 0 Å². The van der Waals surface area contributed by atoms with Crippen molar-refractivity contribution < 1.29 is 19.4 Å². The fourth-order valence-corrected chi connectivity index (χ4v) is 3.85. The van der Waals surface area contributed by atoms with Crippen LogP contribution in [-0.2, 0) is 14.3 Å². The summed E-state index contributed by atoms with van der Waals surface area (Å²) in [6.45, 7) is 12.4. The predicted molar refractivity (Wildman–Crippen MR) is 101 cm³/mol. The van der Waals surface area contributed by atoms with E-state index in [1.165, 1.54) is 0 Å². The van der Waals surface area contributed by atoms with Crippen molar-refractivity contribution in [2.75, 3.05) is 46.4 Å². The summed E-state index contributed by atoms with van der Waals surface area (Å²) >= 11 is 0. The van der Waals surface area contributed by atoms with Crippen LogP contribution in [0.1, 0.15) is 40.5 Å². The summed E-state index contributed by atoms with van der Waals surface area (Å²) in [5.41, 5.74) is -0.0209. The lowest BCUT2D eigenvalue weighted by atomic mass is 9.70. The number of aliphatic hydroxyl groups is 1. The second-order valence-corrected chi connectivity index (χ2v) is 8.49. The average molecular weight is 369 g/mol. The molecule has 0 saturated carbocycles. The highest BCUT2D eigenvalue weighted by molar-refractivity contribution is 5.91. The number of carbonyl (C=O) groups excluding carboxylic acids is 1. The maximum Gasteiger partial charge on any atom is 0.288 e. The van der Waals surface area contributed by atoms with E-state index < -0.39 is 6.29 Å². The number of amides is 1. The fraction of sp³-hybridized carbons (Fsp3) is 0.850. The number of carbonyl (C=O) groups is 1. The van der Waals surface area contributed by atoms with Crippen LogP contribution in [-0.4, -0.2) is 73.5 Å². The van der Waals surface area contributed by atoms with Crippen LogP contribution in [0.3, 0.4) is 0 Å². The minimum absolute atomic E-state index is 0.0209. The van der Waals surface area contributed by atoms with Gasteiger partial charge in [0.1, 0.15) is 0 Å². The van der Waals surface area contributed by atoms with Crippen molar-refractivity contribution in [3.63, 3.8) is 0 Å². The van der Waals surface area contributed by atoms with Gasteiger partial charge in [0.25, 0.3) is 5.91 Å². The van der Waals surface area contributed by atoms with Crippen LogP contribution in [0.5, 0.6) is 0 Å². The summed E-state index contributed by atoms with van der Waals surface area (Å²) in [6, 6.07) is 0. The molecular formula is C20H36N2O4. The maximum atomic E-state index is 13.0. The SMILES string of the molecule is CCO[C@@H]1OC(C(=O)N2CCN(C)CC2)=C[C@H](C(C)(C)C)[C@H]1CCCO. The van der Waals surface area contributed by atoms with Gasteiger partial charge in [-0.25, -0.2) is 0 Å². The molecule has 0 aromatic rings. The summed E-state index contributed by atoms with van der Waals surface area (Å²) in [4.78, 5) is 17.1. The molecule has 6 heteroatoms. The van der Waals surface area contributed by atoms with Crippen LogP contribution < -0.4 is 0 Å². The van der Waals surface area contributed by atoms with Crippen molar-refractivity contribution in [3.8, 4) is 0 Å². The lowest BCUT2D eigenvalue weighted by Gasteiger charge is -2.43. The van der Waals surface area contributed by atoms with Gasteiger partial charge in [-0.05, 0) is 44.2 Å². The molecule has 1 fully saturated rings. The standard InChI is InChI=1S/C20H36N2O4/c1-6-25-19-15(8-7-13-23)16(20(2,3)4)14-17(26-19)18(24)22-11-9-21(5)10-12-22/h14-16,19,23H,6-13H2,1-5H3/t15-,16+,19-/m1/s1. The zero-order valence-corrected chi connectivity index (χ0v) is 17.0. The Morgan fingerprint density at radius 1 is 1.31 bits per heavy atom. The fourth-order valence-electron chi connectivity index (χ4n) is 3.85. The summed E-state index contributed by atoms with van der Waals surface area (Å²) in [7, 11) is 2.07. The van der Waals surface area contributed by atoms with Gasteiger partial charge in [0.2, 0.25) is 6.29 Å². The lowest BCUT2D eigenvalue weighted by Crippen LogP contribution is -2.49. The first-order chi connectivity index (χ1) is 12.3. The van der Waals surface area contributed by atoms with Crippen LogP contribution in [0, 0.1) is 17.3 Å². The van der Waals surface area contributed by atoms with Crippen molar-refractivity contribution in [1.29, 1.82) is 0 Å². The highest BCUT2D eigenvalue weighted by Crippen LogP contribution is 2.42. The Kier molecular flexibility index (Phi) is 7.50. The Labute approximate surface area is 158 Å². The largest absolute Gasteiger partial charge is 0.459 e. The molecule has 0 radical (unpaired) electrons. The first-order valence-corrected chi connectivity index (χ1v) is 9.86. The van der Waals surface area contributed by atoms with Gasteiger partial charge in [-0.3, -0.25) is 4.79 Å². The third kappa shape index (κ3) is 5.21. The lowest BCUT2D eigenvalue weighted by molar-refractivity contribution is -0.182. The first kappa shape index (κ1) is 21.2. The normalized spacial score (nSPS) is 27.8. The molecule has 0 aliphatic carbocycles. The third-order valence-corrected chi connectivity index (χ3v) is 5.41. The van der Waals surface area contributed by atoms with Gasteiger partial charge in [-0.1, -0.05) is 20.8 Å². The van der Waals surface area contributed by atoms with E-state index >= 15 is 0 Å². The number of hydrogen-bond acceptors (Lipinski definition) is 5. The van der Waals surface area contributed by atoms with E-state index in [-0.39, 0.29) is 29.8 Å². The number of allylic oxidation sites excluding steroid dienone is 1. The molecule has 3 atom stereocenters. The Morgan fingerprint density at radius 3 is 2.50 bits per heavy atom. The summed E-state index contributed by atoms with van der Waals surface area (Å²) in [6.07, 6.45) is 3.10. The van der Waals surface area contributed by atoms with Gasteiger partial charge in [0.15, 0.2) is 5.76 Å². The molecule has 2 aliphatic rings. The molecule has 0 unspecified atom stereocenters. The van der Waals surface area contributed by atoms with Gasteiger partial charge < -0.3 is 24.4 Å². The van der Waals surface area contributed by atoms with E-state index in [0.29, 0.717) is 18.8 Å². The van der Waals surface area contributed by atoms with Gasteiger partial charge in [-0.2, -0.15) is 0 Å². The minimum atomic E-state index is -0.438. The summed E-state index contributed by atoms with van der Waals surface area (Å²) < 4.78 is 11.9. The summed E-state index contributed by atoms with van der Waals surface area (Å²) in [5, 5.41) is 9.27. The van der Waals surface area contributed by atoms with Crippen LogP contribution in [0.25, 0.3) is 0 Å². The highest BCUT2D eigenvalue weighted by Gasteiger charge is 2.42. The number of rotatable bonds is 6. The Balaban J connectivity index is 2.24. The molecule has 0 spiro atoms. The number of likely N-dealkylation sites (N-methyl/N-ethyl adjacent to an activating group) is 1. The Hall–Kier alpha value is -1.11. The number of nitrogens with zero attached hydrogens (tertiary/aromatic N) is 2. The van der Waals surface area contributed by atoms with Gasteiger partial charge in [-0.15, -0.1) is 0 Å². The van der Waals surface area contributed by atoms with Crippen LogP contribution >= 0.6 is 0 Å². The molecule has 2 aliphatic heterocycles. The molecule has 0 bridgehead atoms. The van der Waals surface area contributed by atoms with Gasteiger partial charge in [0, 0.05) is 45.3 Å². The van der Waals surface area contributed by atoms with Crippen LogP contribution in [0.4, 0.5) is 0 Å². The number of piperazine rings is 1. The monoisotopic (exact) mass is 368 g/mol. The highest BCUT2D eigenvalue weighted by atomic mass is 16.7. The third-order valence-electron chi connectivity index (χ3n) is 5.41. The van der Waals surface area contributed by atoms with Crippen LogP contribution in [0.2, 0.25) is 0 Å². The van der Waals surface area contributed by atoms with Crippen LogP contribution in [0.15, 0.2) is 11.8 Å². The van der Waals surface area contributed by atoms with E-state index in [0.717, 1.165) is 32.6 Å². The smallest absolute Gasteiger partial charge is 0.288 e. The zero-order chi connectivity index (χ0) is 19.3. The van der Waals surface area contributed by atoms with Crippen molar-refractivity contribution in [2.45, 2.75) is 46.8 Å². The molecule has 1 amide bonds. The molecule has 0 aromatic heterocycles. The molecule has 150 valence electrons. The van der Waals surface area contributed by atoms with Crippen molar-refractivity contribution in [2.24, 2.45) is 17.3 Å². The molecule has 6 nitrogen and oxygen atoms in total. The molecular weight excluding hydrogens is 332 g/mol. The summed E-state index contributed by atoms with van der Waals surface area (Å²) in [5.74, 6) is 0.683. The first-order valence-electron chi connectivity index (χ1n) is 9.86. The van der Waals surface area contributed by atoms with Crippen molar-refractivity contribution in [1.82, 2.24) is 9.80 Å². The van der Waals surface area contributed by atoms with Gasteiger partial charge >= 0.3 is 0 Å². The molecule has 0 aromatic carbocycles. The molecule has 2 heterocycles. The molecule has 1 saturated heterocycles. The second-order valence-electron chi connectivity index (χ2n) is 8.49. The van der Waals surface area contributed by atoms with Crippen molar-refractivity contribution >= 4 is 5.91 Å². The second kappa shape index (κ2) is 9.20. The van der Waals surface area contributed by atoms with E-state index in [1.54, 1.807) is 0 Å². The topological polar surface area (TPSA) is 62.2 Å². The number of hydrogen-bond donors (Lipinski definition) is 1. The molecule has 26 heavy (non-hydrogen) atoms. The quantitative estimate of drug-likeness (QED) is 0.778. The number of ether oxygens (including phenoxy) is 2. The van der Waals surface area contributed by atoms with E-state index in [2.05, 4.69) is 32.7 Å². The van der Waals surface area contributed by atoms with Crippen molar-refractivity contribution in [3.05, 3.63) is 11.8 Å². The number of aliphatic hydroxyl groups excluding tert-OH is 1. The van der Waals surface area contributed by atoms with E-state index in [1.807, 2.05) is 17.9 Å². The van der Waals surface area contributed by atoms with E-state index in [4.69, 9.17) is 9.47 Å². The zero-order valence-electron chi connectivity index (χ0n) is 17.0.